The first-order valence-corrected chi connectivity index (χ1v) is 7.89. The first-order valence-electron chi connectivity index (χ1n) is 7.89. The second kappa shape index (κ2) is 8.96. The van der Waals surface area contributed by atoms with Gasteiger partial charge in [0.1, 0.15) is 0 Å². The van der Waals surface area contributed by atoms with E-state index in [1.165, 1.54) is 24.0 Å². The van der Waals surface area contributed by atoms with Gasteiger partial charge in [0, 0.05) is 17.8 Å². The Hall–Kier alpha value is -1.09. The molecule has 0 saturated heterocycles. The lowest BCUT2D eigenvalue weighted by atomic mass is 10.1. The van der Waals surface area contributed by atoms with Crippen molar-refractivity contribution in [1.29, 1.82) is 0 Å². The van der Waals surface area contributed by atoms with Crippen molar-refractivity contribution >= 4 is 0 Å². The summed E-state index contributed by atoms with van der Waals surface area (Å²) in [5.74, 6) is 1.40. The number of nitrogens with one attached hydrogen (secondary N) is 1. The van der Waals surface area contributed by atoms with E-state index in [1.807, 2.05) is 6.92 Å². The third-order valence-corrected chi connectivity index (χ3v) is 3.45. The molecule has 0 amide bonds. The molecule has 1 heterocycles. The summed E-state index contributed by atoms with van der Waals surface area (Å²) >= 11 is 0. The molecule has 0 aliphatic heterocycles. The maximum atomic E-state index is 5.99. The summed E-state index contributed by atoms with van der Waals surface area (Å²) in [5, 5.41) is 3.44. The van der Waals surface area contributed by atoms with Crippen LogP contribution in [0.5, 0.6) is 5.88 Å². The van der Waals surface area contributed by atoms with Gasteiger partial charge in [-0.2, -0.15) is 0 Å². The van der Waals surface area contributed by atoms with E-state index in [4.69, 9.17) is 4.74 Å². The van der Waals surface area contributed by atoms with Crippen LogP contribution in [0, 0.1) is 19.8 Å². The third kappa shape index (κ3) is 5.49. The van der Waals surface area contributed by atoms with Crippen molar-refractivity contribution in [1.82, 2.24) is 10.3 Å². The monoisotopic (exact) mass is 278 g/mol. The number of hydrogen-bond donors (Lipinski definition) is 1. The van der Waals surface area contributed by atoms with Gasteiger partial charge < -0.3 is 10.1 Å². The van der Waals surface area contributed by atoms with Gasteiger partial charge in [-0.25, -0.2) is 4.98 Å². The third-order valence-electron chi connectivity index (χ3n) is 3.45. The van der Waals surface area contributed by atoms with Crippen LogP contribution in [-0.2, 0) is 6.54 Å². The van der Waals surface area contributed by atoms with Crippen LogP contribution >= 0.6 is 0 Å². The van der Waals surface area contributed by atoms with Gasteiger partial charge >= 0.3 is 0 Å². The van der Waals surface area contributed by atoms with Crippen LogP contribution in [0.25, 0.3) is 0 Å². The number of ether oxygens (including phenoxy) is 1. The fourth-order valence-electron chi connectivity index (χ4n) is 2.35. The number of rotatable bonds is 9. The van der Waals surface area contributed by atoms with Gasteiger partial charge in [0.05, 0.1) is 6.61 Å². The predicted molar refractivity (Wildman–Crippen MR) is 85.3 cm³/mol. The Morgan fingerprint density at radius 3 is 2.65 bits per heavy atom. The Bertz CT molecular complexity index is 404. The molecule has 1 atom stereocenters. The van der Waals surface area contributed by atoms with Crippen LogP contribution in [0.15, 0.2) is 6.07 Å². The van der Waals surface area contributed by atoms with Crippen molar-refractivity contribution < 1.29 is 4.74 Å². The van der Waals surface area contributed by atoms with E-state index in [-0.39, 0.29) is 0 Å². The molecule has 0 spiro atoms. The number of aryl methyl sites for hydroxylation is 2. The Morgan fingerprint density at radius 1 is 1.25 bits per heavy atom. The Morgan fingerprint density at radius 2 is 2.00 bits per heavy atom. The lowest BCUT2D eigenvalue weighted by Crippen LogP contribution is -2.18. The summed E-state index contributed by atoms with van der Waals surface area (Å²) in [6.07, 6.45) is 3.55. The van der Waals surface area contributed by atoms with Crippen molar-refractivity contribution in [3.8, 4) is 5.88 Å². The molecule has 0 fully saturated rings. The van der Waals surface area contributed by atoms with E-state index in [0.29, 0.717) is 5.92 Å². The van der Waals surface area contributed by atoms with Crippen LogP contribution in [0.2, 0.25) is 0 Å². The zero-order chi connectivity index (χ0) is 15.0. The van der Waals surface area contributed by atoms with Gasteiger partial charge in [0.25, 0.3) is 0 Å². The largest absolute Gasteiger partial charge is 0.477 e. The topological polar surface area (TPSA) is 34.2 Å². The minimum Gasteiger partial charge on any atom is -0.477 e. The van der Waals surface area contributed by atoms with Gasteiger partial charge in [0.15, 0.2) is 0 Å². The molecule has 1 N–H and O–H groups in total. The average Bonchev–Trinajstić information content (AvgIpc) is 2.39. The minimum absolute atomic E-state index is 0.582. The fraction of sp³-hybridized carbons (Fsp3) is 0.706. The molecule has 20 heavy (non-hydrogen) atoms. The molecular formula is C17H30N2O. The molecule has 0 aromatic carbocycles. The van der Waals surface area contributed by atoms with Crippen LogP contribution in [-0.4, -0.2) is 18.1 Å². The van der Waals surface area contributed by atoms with Crippen LogP contribution < -0.4 is 10.1 Å². The van der Waals surface area contributed by atoms with Crippen molar-refractivity contribution in [3.05, 3.63) is 22.9 Å². The second-order valence-electron chi connectivity index (χ2n) is 5.75. The molecule has 0 bridgehead atoms. The summed E-state index contributed by atoms with van der Waals surface area (Å²) in [7, 11) is 0. The maximum Gasteiger partial charge on any atom is 0.218 e. The Labute approximate surface area is 124 Å². The van der Waals surface area contributed by atoms with Gasteiger partial charge in [0.2, 0.25) is 5.88 Å². The zero-order valence-electron chi connectivity index (χ0n) is 13.8. The second-order valence-corrected chi connectivity index (χ2v) is 5.75. The van der Waals surface area contributed by atoms with Gasteiger partial charge in [-0.3, -0.25) is 0 Å². The molecule has 1 aromatic rings. The van der Waals surface area contributed by atoms with Crippen LogP contribution in [0.3, 0.4) is 0 Å². The maximum absolute atomic E-state index is 5.99. The summed E-state index contributed by atoms with van der Waals surface area (Å²) in [4.78, 5) is 4.58. The molecule has 1 unspecified atom stereocenters. The van der Waals surface area contributed by atoms with Crippen molar-refractivity contribution in [2.24, 2.45) is 5.92 Å². The average molecular weight is 278 g/mol. The summed E-state index contributed by atoms with van der Waals surface area (Å²) < 4.78 is 5.99. The van der Waals surface area contributed by atoms with Crippen LogP contribution in [0.1, 0.15) is 56.9 Å². The molecule has 3 heteroatoms. The Balaban J connectivity index is 2.75. The summed E-state index contributed by atoms with van der Waals surface area (Å²) in [5.41, 5.74) is 3.49. The van der Waals surface area contributed by atoms with E-state index in [2.05, 4.69) is 44.1 Å². The molecular weight excluding hydrogens is 248 g/mol. The lowest BCUT2D eigenvalue weighted by Gasteiger charge is -2.17. The van der Waals surface area contributed by atoms with Gasteiger partial charge in [-0.05, 0) is 50.8 Å². The number of hydrogen-bond acceptors (Lipinski definition) is 3. The van der Waals surface area contributed by atoms with E-state index in [0.717, 1.165) is 37.7 Å². The van der Waals surface area contributed by atoms with Crippen molar-refractivity contribution in [2.75, 3.05) is 13.2 Å². The summed E-state index contributed by atoms with van der Waals surface area (Å²) in [6, 6.07) is 2.13. The van der Waals surface area contributed by atoms with Crippen molar-refractivity contribution in [3.63, 3.8) is 0 Å². The predicted octanol–water partition coefficient (Wildman–Crippen LogP) is 4.01. The molecule has 1 aromatic heterocycles. The smallest absolute Gasteiger partial charge is 0.218 e. The summed E-state index contributed by atoms with van der Waals surface area (Å²) in [6.45, 7) is 13.4. The molecule has 0 aliphatic rings. The molecule has 0 radical (unpaired) electrons. The first kappa shape index (κ1) is 17.0. The molecule has 0 aliphatic carbocycles. The first-order chi connectivity index (χ1) is 9.58. The van der Waals surface area contributed by atoms with Gasteiger partial charge in [-0.1, -0.05) is 27.2 Å². The Kier molecular flexibility index (Phi) is 7.60. The highest BCUT2D eigenvalue weighted by molar-refractivity contribution is 5.35. The van der Waals surface area contributed by atoms with E-state index < -0.39 is 0 Å². The lowest BCUT2D eigenvalue weighted by molar-refractivity contribution is 0.239. The highest BCUT2D eigenvalue weighted by atomic mass is 16.5. The SMILES string of the molecule is CCCNCc1c(C)cc(C)nc1OCC(C)CCC. The standard InChI is InChI=1S/C17H30N2O/c1-6-8-13(3)12-20-17-16(11-18-9-7-2)14(4)10-15(5)19-17/h10,13,18H,6-9,11-12H2,1-5H3. The molecule has 0 saturated carbocycles. The van der Waals surface area contributed by atoms with E-state index in [9.17, 15) is 0 Å². The highest BCUT2D eigenvalue weighted by Crippen LogP contribution is 2.22. The molecule has 114 valence electrons. The number of aromatic nitrogens is 1. The normalized spacial score (nSPS) is 12.4. The number of pyridine rings is 1. The quantitative estimate of drug-likeness (QED) is 0.693. The number of nitrogens with zero attached hydrogens (tertiary/aromatic N) is 1. The molecule has 3 nitrogen and oxygen atoms in total. The molecule has 1 rings (SSSR count). The minimum atomic E-state index is 0.582. The fourth-order valence-corrected chi connectivity index (χ4v) is 2.35. The highest BCUT2D eigenvalue weighted by Gasteiger charge is 2.11. The van der Waals surface area contributed by atoms with Gasteiger partial charge in [-0.15, -0.1) is 0 Å². The van der Waals surface area contributed by atoms with E-state index >= 15 is 0 Å². The zero-order valence-corrected chi connectivity index (χ0v) is 13.8. The van der Waals surface area contributed by atoms with E-state index in [1.54, 1.807) is 0 Å². The van der Waals surface area contributed by atoms with Crippen LogP contribution in [0.4, 0.5) is 0 Å². The van der Waals surface area contributed by atoms with Crippen molar-refractivity contribution in [2.45, 2.75) is 60.4 Å².